The molecule has 5 heteroatoms. The van der Waals surface area contributed by atoms with E-state index in [-0.39, 0.29) is 18.9 Å². The van der Waals surface area contributed by atoms with Crippen LogP contribution in [0.4, 0.5) is 0 Å². The Labute approximate surface area is 127 Å². The fourth-order valence-electron chi connectivity index (χ4n) is 2.82. The van der Waals surface area contributed by atoms with Gasteiger partial charge in [0.15, 0.2) is 5.54 Å². The number of carboxylic acid groups (broad SMARTS) is 1. The van der Waals surface area contributed by atoms with Gasteiger partial charge in [0, 0.05) is 13.0 Å². The first-order chi connectivity index (χ1) is 10.6. The van der Waals surface area contributed by atoms with Crippen LogP contribution in [0.15, 0.2) is 42.5 Å². The van der Waals surface area contributed by atoms with E-state index in [0.29, 0.717) is 13.0 Å². The third-order valence-corrected chi connectivity index (χ3v) is 4.04. The van der Waals surface area contributed by atoms with E-state index >= 15 is 0 Å². The summed E-state index contributed by atoms with van der Waals surface area (Å²) < 4.78 is 5.15. The smallest absolute Gasteiger partial charge is 0.331 e. The second-order valence-electron chi connectivity index (χ2n) is 5.55. The summed E-state index contributed by atoms with van der Waals surface area (Å²) in [5.74, 6) is -1.35. The van der Waals surface area contributed by atoms with Crippen molar-refractivity contribution in [3.8, 4) is 0 Å². The molecule has 22 heavy (non-hydrogen) atoms. The van der Waals surface area contributed by atoms with Crippen molar-refractivity contribution in [1.29, 1.82) is 0 Å². The molecule has 1 saturated heterocycles. The molecule has 0 aromatic heterocycles. The number of aliphatic carboxylic acids is 1. The van der Waals surface area contributed by atoms with Crippen LogP contribution in [0.25, 0.3) is 10.8 Å². The maximum atomic E-state index is 12.3. The van der Waals surface area contributed by atoms with E-state index in [1.54, 1.807) is 0 Å². The lowest BCUT2D eigenvalue weighted by Crippen LogP contribution is -2.55. The number of carbonyl (C=O) groups is 2. The van der Waals surface area contributed by atoms with Gasteiger partial charge in [-0.15, -0.1) is 0 Å². The van der Waals surface area contributed by atoms with Gasteiger partial charge in [0.25, 0.3) is 0 Å². The highest BCUT2D eigenvalue weighted by atomic mass is 16.5. The highest BCUT2D eigenvalue weighted by molar-refractivity contribution is 5.92. The largest absolute Gasteiger partial charge is 0.479 e. The number of nitrogens with one attached hydrogen (secondary N) is 1. The molecule has 2 N–H and O–H groups in total. The standard InChI is InChI=1S/C17H17NO4/c19-15(18-17(16(20)21)8-9-22-11-17)10-13-6-3-5-12-4-1-2-7-14(12)13/h1-7H,8-11H2,(H,18,19)(H,20,21). The Morgan fingerprint density at radius 3 is 2.68 bits per heavy atom. The van der Waals surface area contributed by atoms with Crippen molar-refractivity contribution in [2.45, 2.75) is 18.4 Å². The average Bonchev–Trinajstić information content (AvgIpc) is 2.97. The number of amides is 1. The predicted molar refractivity (Wildman–Crippen MR) is 81.6 cm³/mol. The molecule has 3 rings (SSSR count). The van der Waals surface area contributed by atoms with Crippen LogP contribution in [0.2, 0.25) is 0 Å². The van der Waals surface area contributed by atoms with Crippen molar-refractivity contribution in [2.24, 2.45) is 0 Å². The Balaban J connectivity index is 1.80. The average molecular weight is 299 g/mol. The van der Waals surface area contributed by atoms with Gasteiger partial charge >= 0.3 is 5.97 Å². The fourth-order valence-corrected chi connectivity index (χ4v) is 2.82. The lowest BCUT2D eigenvalue weighted by molar-refractivity contribution is -0.147. The molecule has 114 valence electrons. The zero-order chi connectivity index (χ0) is 15.6. The number of hydrogen-bond donors (Lipinski definition) is 2. The minimum absolute atomic E-state index is 0.0175. The van der Waals surface area contributed by atoms with Crippen molar-refractivity contribution >= 4 is 22.6 Å². The number of carboxylic acids is 1. The Bertz CT molecular complexity index is 714. The van der Waals surface area contributed by atoms with Gasteiger partial charge < -0.3 is 15.2 Å². The summed E-state index contributed by atoms with van der Waals surface area (Å²) in [6.45, 7) is 0.366. The summed E-state index contributed by atoms with van der Waals surface area (Å²) >= 11 is 0. The highest BCUT2D eigenvalue weighted by Crippen LogP contribution is 2.21. The number of rotatable bonds is 4. The van der Waals surface area contributed by atoms with E-state index in [9.17, 15) is 14.7 Å². The first kappa shape index (κ1) is 14.5. The zero-order valence-corrected chi connectivity index (χ0v) is 12.0. The minimum Gasteiger partial charge on any atom is -0.479 e. The van der Waals surface area contributed by atoms with Crippen molar-refractivity contribution in [1.82, 2.24) is 5.32 Å². The van der Waals surface area contributed by atoms with Gasteiger partial charge in [0.2, 0.25) is 5.91 Å². The highest BCUT2D eigenvalue weighted by Gasteiger charge is 2.43. The third-order valence-electron chi connectivity index (χ3n) is 4.04. The molecule has 0 aliphatic carbocycles. The van der Waals surface area contributed by atoms with Gasteiger partial charge in [-0.1, -0.05) is 42.5 Å². The Morgan fingerprint density at radius 1 is 1.18 bits per heavy atom. The molecule has 1 atom stereocenters. The van der Waals surface area contributed by atoms with Crippen molar-refractivity contribution in [3.63, 3.8) is 0 Å². The monoisotopic (exact) mass is 299 g/mol. The number of benzene rings is 2. The molecule has 0 radical (unpaired) electrons. The minimum atomic E-state index is -1.29. The maximum Gasteiger partial charge on any atom is 0.331 e. The zero-order valence-electron chi connectivity index (χ0n) is 12.0. The van der Waals surface area contributed by atoms with E-state index in [2.05, 4.69) is 5.32 Å². The van der Waals surface area contributed by atoms with Crippen LogP contribution < -0.4 is 5.32 Å². The molecular formula is C17H17NO4. The van der Waals surface area contributed by atoms with E-state index in [0.717, 1.165) is 16.3 Å². The van der Waals surface area contributed by atoms with Gasteiger partial charge in [0.1, 0.15) is 0 Å². The van der Waals surface area contributed by atoms with Crippen LogP contribution in [0.5, 0.6) is 0 Å². The number of ether oxygens (including phenoxy) is 1. The quantitative estimate of drug-likeness (QED) is 0.901. The Morgan fingerprint density at radius 2 is 1.95 bits per heavy atom. The first-order valence-electron chi connectivity index (χ1n) is 7.19. The van der Waals surface area contributed by atoms with Crippen molar-refractivity contribution in [3.05, 3.63) is 48.0 Å². The lowest BCUT2D eigenvalue weighted by Gasteiger charge is -2.23. The van der Waals surface area contributed by atoms with Gasteiger partial charge in [-0.2, -0.15) is 0 Å². The number of carbonyl (C=O) groups excluding carboxylic acids is 1. The summed E-state index contributed by atoms with van der Waals surface area (Å²) in [5.41, 5.74) is -0.406. The molecule has 0 saturated carbocycles. The lowest BCUT2D eigenvalue weighted by atomic mass is 9.97. The second kappa shape index (κ2) is 5.77. The normalized spacial score (nSPS) is 20.9. The molecule has 2 aromatic carbocycles. The second-order valence-corrected chi connectivity index (χ2v) is 5.55. The molecule has 1 fully saturated rings. The van der Waals surface area contributed by atoms with Crippen LogP contribution >= 0.6 is 0 Å². The van der Waals surface area contributed by atoms with Crippen LogP contribution in [0.3, 0.4) is 0 Å². The summed E-state index contributed by atoms with van der Waals surface area (Å²) in [6, 6.07) is 13.6. The number of fused-ring (bicyclic) bond motifs is 1. The van der Waals surface area contributed by atoms with E-state index in [1.165, 1.54) is 0 Å². The van der Waals surface area contributed by atoms with Crippen LogP contribution in [-0.4, -0.2) is 35.7 Å². The molecule has 5 nitrogen and oxygen atoms in total. The van der Waals surface area contributed by atoms with Gasteiger partial charge in [-0.05, 0) is 16.3 Å². The van der Waals surface area contributed by atoms with Crippen LogP contribution in [-0.2, 0) is 20.7 Å². The molecule has 0 bridgehead atoms. The summed E-state index contributed by atoms with van der Waals surface area (Å²) in [4.78, 5) is 23.7. The van der Waals surface area contributed by atoms with Gasteiger partial charge in [0.05, 0.1) is 13.0 Å². The number of hydrogen-bond acceptors (Lipinski definition) is 3. The Kier molecular flexibility index (Phi) is 3.81. The van der Waals surface area contributed by atoms with E-state index in [1.807, 2.05) is 42.5 Å². The molecule has 2 aromatic rings. The summed E-state index contributed by atoms with van der Waals surface area (Å²) in [7, 11) is 0. The molecular weight excluding hydrogens is 282 g/mol. The maximum absolute atomic E-state index is 12.3. The van der Waals surface area contributed by atoms with Crippen molar-refractivity contribution < 1.29 is 19.4 Å². The molecule has 1 aliphatic rings. The summed E-state index contributed by atoms with van der Waals surface area (Å²) in [6.07, 6.45) is 0.444. The van der Waals surface area contributed by atoms with E-state index < -0.39 is 11.5 Å². The van der Waals surface area contributed by atoms with Crippen LogP contribution in [0.1, 0.15) is 12.0 Å². The molecule has 1 heterocycles. The predicted octanol–water partition coefficient (Wildman–Crippen LogP) is 1.74. The van der Waals surface area contributed by atoms with Crippen LogP contribution in [0, 0.1) is 0 Å². The van der Waals surface area contributed by atoms with E-state index in [4.69, 9.17) is 4.74 Å². The SMILES string of the molecule is O=C(Cc1cccc2ccccc12)NC1(C(=O)O)CCOC1. The van der Waals surface area contributed by atoms with Crippen molar-refractivity contribution in [2.75, 3.05) is 13.2 Å². The molecule has 1 aliphatic heterocycles. The third kappa shape index (κ3) is 2.67. The molecule has 1 amide bonds. The molecule has 0 spiro atoms. The summed E-state index contributed by atoms with van der Waals surface area (Å²) in [5, 5.41) is 14.1. The van der Waals surface area contributed by atoms with Gasteiger partial charge in [-0.25, -0.2) is 4.79 Å². The van der Waals surface area contributed by atoms with Gasteiger partial charge in [-0.3, -0.25) is 4.79 Å². The Hall–Kier alpha value is -2.40. The first-order valence-corrected chi connectivity index (χ1v) is 7.19. The topological polar surface area (TPSA) is 75.6 Å². The molecule has 1 unspecified atom stereocenters. The fraction of sp³-hybridized carbons (Fsp3) is 0.294.